The third-order valence-electron chi connectivity index (χ3n) is 4.18. The first kappa shape index (κ1) is 13.9. The minimum absolute atomic E-state index is 0.514. The largest absolute Gasteiger partial charge is 0.316 e. The molecule has 0 fully saturated rings. The molecule has 0 saturated carbocycles. The summed E-state index contributed by atoms with van der Waals surface area (Å²) in [6.45, 7) is 9.09. The molecule has 0 amide bonds. The third kappa shape index (κ3) is 2.37. The van der Waals surface area contributed by atoms with Crippen LogP contribution in [0.5, 0.6) is 0 Å². The van der Waals surface area contributed by atoms with Crippen molar-refractivity contribution in [2.75, 3.05) is 0 Å². The molecule has 0 atom stereocenters. The summed E-state index contributed by atoms with van der Waals surface area (Å²) < 4.78 is 2.36. The first-order valence-electron chi connectivity index (χ1n) is 7.79. The van der Waals surface area contributed by atoms with Crippen LogP contribution in [-0.4, -0.2) is 4.57 Å². The van der Waals surface area contributed by atoms with Crippen LogP contribution < -0.4 is 0 Å². The Labute approximate surface area is 127 Å². The summed E-state index contributed by atoms with van der Waals surface area (Å²) in [7, 11) is 0. The summed E-state index contributed by atoms with van der Waals surface area (Å²) in [6.07, 6.45) is 2.21. The summed E-state index contributed by atoms with van der Waals surface area (Å²) in [4.78, 5) is 0. The number of rotatable bonds is 3. The Morgan fingerprint density at radius 3 is 1.95 bits per heavy atom. The van der Waals surface area contributed by atoms with Crippen molar-refractivity contribution in [3.63, 3.8) is 0 Å². The van der Waals surface area contributed by atoms with Crippen LogP contribution in [0.3, 0.4) is 0 Å². The SMILES string of the molecule is CC(C)c1cccc(C(C)C)c1-n1ccc2ccccc21. The van der Waals surface area contributed by atoms with E-state index in [9.17, 15) is 0 Å². The number of para-hydroxylation sites is 2. The van der Waals surface area contributed by atoms with Crippen LogP contribution in [0.4, 0.5) is 0 Å². The summed E-state index contributed by atoms with van der Waals surface area (Å²) in [5.74, 6) is 1.03. The van der Waals surface area contributed by atoms with Crippen LogP contribution in [0, 0.1) is 0 Å². The first-order valence-corrected chi connectivity index (χ1v) is 7.79. The molecule has 3 aromatic rings. The van der Waals surface area contributed by atoms with Crippen LogP contribution in [0.1, 0.15) is 50.7 Å². The molecule has 0 spiro atoms. The van der Waals surface area contributed by atoms with Gasteiger partial charge in [-0.25, -0.2) is 0 Å². The second kappa shape index (κ2) is 5.40. The highest BCUT2D eigenvalue weighted by atomic mass is 15.0. The fraction of sp³-hybridized carbons (Fsp3) is 0.300. The predicted octanol–water partition coefficient (Wildman–Crippen LogP) is 5.88. The van der Waals surface area contributed by atoms with Crippen LogP contribution in [0.2, 0.25) is 0 Å². The number of hydrogen-bond donors (Lipinski definition) is 0. The zero-order valence-corrected chi connectivity index (χ0v) is 13.3. The lowest BCUT2D eigenvalue weighted by atomic mass is 9.92. The lowest BCUT2D eigenvalue weighted by molar-refractivity contribution is 0.811. The van der Waals surface area contributed by atoms with Crippen molar-refractivity contribution in [3.05, 3.63) is 65.9 Å². The maximum atomic E-state index is 2.36. The molecule has 0 bridgehead atoms. The molecule has 108 valence electrons. The minimum Gasteiger partial charge on any atom is -0.316 e. The Hall–Kier alpha value is -2.02. The van der Waals surface area contributed by atoms with Crippen molar-refractivity contribution in [3.8, 4) is 5.69 Å². The lowest BCUT2D eigenvalue weighted by Gasteiger charge is -2.21. The van der Waals surface area contributed by atoms with Gasteiger partial charge in [-0.05, 0) is 40.5 Å². The average molecular weight is 277 g/mol. The number of aromatic nitrogens is 1. The molecule has 21 heavy (non-hydrogen) atoms. The van der Waals surface area contributed by atoms with E-state index in [2.05, 4.69) is 87.0 Å². The average Bonchev–Trinajstić information content (AvgIpc) is 2.90. The van der Waals surface area contributed by atoms with Gasteiger partial charge in [0, 0.05) is 6.20 Å². The molecule has 1 heteroatoms. The van der Waals surface area contributed by atoms with Crippen LogP contribution in [-0.2, 0) is 0 Å². The van der Waals surface area contributed by atoms with E-state index < -0.39 is 0 Å². The quantitative estimate of drug-likeness (QED) is 0.563. The Morgan fingerprint density at radius 2 is 1.33 bits per heavy atom. The van der Waals surface area contributed by atoms with Crippen molar-refractivity contribution in [1.82, 2.24) is 4.57 Å². The fourth-order valence-corrected chi connectivity index (χ4v) is 3.07. The van der Waals surface area contributed by atoms with Gasteiger partial charge in [0.15, 0.2) is 0 Å². The van der Waals surface area contributed by atoms with Gasteiger partial charge in [0.1, 0.15) is 0 Å². The monoisotopic (exact) mass is 277 g/mol. The van der Waals surface area contributed by atoms with E-state index in [-0.39, 0.29) is 0 Å². The number of hydrogen-bond acceptors (Lipinski definition) is 0. The van der Waals surface area contributed by atoms with Gasteiger partial charge in [0.25, 0.3) is 0 Å². The molecule has 0 aliphatic carbocycles. The van der Waals surface area contributed by atoms with E-state index >= 15 is 0 Å². The highest BCUT2D eigenvalue weighted by Crippen LogP contribution is 2.33. The molecule has 1 aromatic heterocycles. The van der Waals surface area contributed by atoms with E-state index in [0.29, 0.717) is 11.8 Å². The summed E-state index contributed by atoms with van der Waals surface area (Å²) >= 11 is 0. The fourth-order valence-electron chi connectivity index (χ4n) is 3.07. The van der Waals surface area contributed by atoms with E-state index in [0.717, 1.165) is 0 Å². The Kier molecular flexibility index (Phi) is 3.59. The Balaban J connectivity index is 2.35. The standard InChI is InChI=1S/C20H23N/c1-14(2)17-9-7-10-18(15(3)4)20(17)21-13-12-16-8-5-6-11-19(16)21/h5-15H,1-4H3. The molecule has 0 saturated heterocycles. The second-order valence-electron chi connectivity index (χ2n) is 6.34. The molecule has 0 N–H and O–H groups in total. The summed E-state index contributed by atoms with van der Waals surface area (Å²) in [5, 5.41) is 1.30. The van der Waals surface area contributed by atoms with Gasteiger partial charge in [0.05, 0.1) is 11.2 Å². The summed E-state index contributed by atoms with van der Waals surface area (Å²) in [6, 6.07) is 17.5. The van der Waals surface area contributed by atoms with Gasteiger partial charge >= 0.3 is 0 Å². The normalized spacial score (nSPS) is 11.7. The van der Waals surface area contributed by atoms with Crippen LogP contribution in [0.25, 0.3) is 16.6 Å². The van der Waals surface area contributed by atoms with Crippen LogP contribution in [0.15, 0.2) is 54.7 Å². The smallest absolute Gasteiger partial charge is 0.0528 e. The molecular weight excluding hydrogens is 254 g/mol. The molecular formula is C20H23N. The Morgan fingerprint density at radius 1 is 0.714 bits per heavy atom. The maximum absolute atomic E-state index is 2.36. The Bertz CT molecular complexity index is 736. The van der Waals surface area contributed by atoms with Gasteiger partial charge in [-0.2, -0.15) is 0 Å². The third-order valence-corrected chi connectivity index (χ3v) is 4.18. The van der Waals surface area contributed by atoms with Gasteiger partial charge in [0.2, 0.25) is 0 Å². The lowest BCUT2D eigenvalue weighted by Crippen LogP contribution is -2.06. The van der Waals surface area contributed by atoms with Crippen molar-refractivity contribution < 1.29 is 0 Å². The maximum Gasteiger partial charge on any atom is 0.0528 e. The van der Waals surface area contributed by atoms with E-state index in [1.165, 1.54) is 27.7 Å². The van der Waals surface area contributed by atoms with Gasteiger partial charge in [-0.3, -0.25) is 0 Å². The second-order valence-corrected chi connectivity index (χ2v) is 6.34. The van der Waals surface area contributed by atoms with Crippen molar-refractivity contribution >= 4 is 10.9 Å². The van der Waals surface area contributed by atoms with Crippen molar-refractivity contribution in [2.45, 2.75) is 39.5 Å². The zero-order valence-electron chi connectivity index (χ0n) is 13.3. The molecule has 3 rings (SSSR count). The van der Waals surface area contributed by atoms with Gasteiger partial charge in [-0.1, -0.05) is 64.1 Å². The predicted molar refractivity (Wildman–Crippen MR) is 91.5 cm³/mol. The topological polar surface area (TPSA) is 4.93 Å². The number of fused-ring (bicyclic) bond motifs is 1. The number of nitrogens with zero attached hydrogens (tertiary/aromatic N) is 1. The van der Waals surface area contributed by atoms with Crippen molar-refractivity contribution in [1.29, 1.82) is 0 Å². The molecule has 0 aliphatic rings. The molecule has 1 nitrogen and oxygen atoms in total. The molecule has 0 radical (unpaired) electrons. The molecule has 1 heterocycles. The molecule has 2 aromatic carbocycles. The highest BCUT2D eigenvalue weighted by Gasteiger charge is 2.16. The number of benzene rings is 2. The highest BCUT2D eigenvalue weighted by molar-refractivity contribution is 5.82. The van der Waals surface area contributed by atoms with E-state index in [1.54, 1.807) is 0 Å². The van der Waals surface area contributed by atoms with E-state index in [4.69, 9.17) is 0 Å². The molecule has 0 aliphatic heterocycles. The molecule has 0 unspecified atom stereocenters. The minimum atomic E-state index is 0.514. The van der Waals surface area contributed by atoms with Gasteiger partial charge in [-0.15, -0.1) is 0 Å². The van der Waals surface area contributed by atoms with Gasteiger partial charge < -0.3 is 4.57 Å². The van der Waals surface area contributed by atoms with E-state index in [1.807, 2.05) is 0 Å². The van der Waals surface area contributed by atoms with Crippen molar-refractivity contribution in [2.24, 2.45) is 0 Å². The summed E-state index contributed by atoms with van der Waals surface area (Å²) in [5.41, 5.74) is 5.49. The zero-order chi connectivity index (χ0) is 15.0. The first-order chi connectivity index (χ1) is 10.1. The van der Waals surface area contributed by atoms with Crippen LogP contribution >= 0.6 is 0 Å².